The quantitative estimate of drug-likeness (QED) is 0.345. The predicted octanol–water partition coefficient (Wildman–Crippen LogP) is 3.67. The van der Waals surface area contributed by atoms with Gasteiger partial charge in [-0.2, -0.15) is 5.10 Å². The lowest BCUT2D eigenvalue weighted by molar-refractivity contribution is -0.905. The highest BCUT2D eigenvalue weighted by atomic mass is 16.5. The van der Waals surface area contributed by atoms with Crippen molar-refractivity contribution in [2.24, 2.45) is 11.8 Å². The smallest absolute Gasteiger partial charge is 0.270 e. The average Bonchev–Trinajstić information content (AvgIpc) is 3.33. The zero-order valence-electron chi connectivity index (χ0n) is 21.4. The second-order valence-corrected chi connectivity index (χ2v) is 9.80. The Morgan fingerprint density at radius 3 is 2.44 bits per heavy atom. The zero-order chi connectivity index (χ0) is 25.8. The van der Waals surface area contributed by atoms with Gasteiger partial charge in [-0.15, -0.1) is 0 Å². The molecule has 4 rings (SSSR count). The number of aryl methyl sites for hydroxylation is 3. The summed E-state index contributed by atoms with van der Waals surface area (Å²) in [5, 5.41) is 19.8. The zero-order valence-corrected chi connectivity index (χ0v) is 21.4. The van der Waals surface area contributed by atoms with Crippen LogP contribution in [0.3, 0.4) is 0 Å². The van der Waals surface area contributed by atoms with Crippen LogP contribution in [0.25, 0.3) is 11.1 Å². The minimum Gasteiger partial charge on any atom is -0.339 e. The normalized spacial score (nSPS) is 18.4. The van der Waals surface area contributed by atoms with E-state index in [1.807, 2.05) is 26.8 Å². The maximum absolute atomic E-state index is 13.4. The molecule has 3 N–H and O–H groups in total. The van der Waals surface area contributed by atoms with Gasteiger partial charge in [0.2, 0.25) is 18.3 Å². The van der Waals surface area contributed by atoms with Crippen molar-refractivity contribution in [1.82, 2.24) is 20.1 Å². The standard InChI is InChI=1S/C27H34N6O3/c1-5-33-22(12-13-29-33)26(34)31-25(20-8-6-17(2)7-9-20)27(35)30-23-11-10-21(14-28-23)24-18(3)15-32(36)16-19(24)4/h10-17,20,25,36H,5-9H2,1-4H3,(H,31,34)/p+1/t17?,20?,25-/m0/s1. The van der Waals surface area contributed by atoms with Crippen molar-refractivity contribution in [3.63, 3.8) is 0 Å². The molecule has 3 heterocycles. The molecule has 1 fully saturated rings. The van der Waals surface area contributed by atoms with Crippen LogP contribution in [0.15, 0.2) is 43.0 Å². The maximum atomic E-state index is 13.4. The molecule has 9 heteroatoms. The van der Waals surface area contributed by atoms with E-state index < -0.39 is 6.04 Å². The minimum absolute atomic E-state index is 0.0576. The van der Waals surface area contributed by atoms with Crippen LogP contribution in [0.5, 0.6) is 0 Å². The van der Waals surface area contributed by atoms with Gasteiger partial charge in [0.1, 0.15) is 17.6 Å². The number of amides is 2. The second-order valence-electron chi connectivity index (χ2n) is 9.80. The Balaban J connectivity index is 1.52. The van der Waals surface area contributed by atoms with Crippen molar-refractivity contribution < 1.29 is 19.5 Å². The number of nitrogens with one attached hydrogen (secondary N) is 2. The third-order valence-electron chi connectivity index (χ3n) is 7.09. The van der Waals surface area contributed by atoms with Crippen LogP contribution in [0.1, 0.15) is 61.1 Å². The number of hydrogen-bond acceptors (Lipinski definition) is 5. The van der Waals surface area contributed by atoms with E-state index in [2.05, 4.69) is 27.6 Å². The lowest BCUT2D eigenvalue weighted by Crippen LogP contribution is -2.49. The molecule has 0 radical (unpaired) electrons. The van der Waals surface area contributed by atoms with Gasteiger partial charge in [0, 0.05) is 45.9 Å². The summed E-state index contributed by atoms with van der Waals surface area (Å²) in [7, 11) is 0. The van der Waals surface area contributed by atoms with Crippen LogP contribution in [0.4, 0.5) is 5.82 Å². The Labute approximate surface area is 211 Å². The lowest BCUT2D eigenvalue weighted by atomic mass is 9.79. The molecule has 1 aliphatic rings. The molecule has 0 spiro atoms. The van der Waals surface area contributed by atoms with Crippen molar-refractivity contribution in [3.8, 4) is 11.1 Å². The molecule has 1 saturated carbocycles. The summed E-state index contributed by atoms with van der Waals surface area (Å²) in [5.74, 6) is 0.546. The van der Waals surface area contributed by atoms with E-state index in [1.165, 1.54) is 0 Å². The third-order valence-corrected chi connectivity index (χ3v) is 7.09. The molecule has 0 saturated heterocycles. The second kappa shape index (κ2) is 10.9. The van der Waals surface area contributed by atoms with E-state index in [0.29, 0.717) is 24.0 Å². The van der Waals surface area contributed by atoms with Gasteiger partial charge in [-0.3, -0.25) is 19.5 Å². The topological polar surface area (TPSA) is 113 Å². The Morgan fingerprint density at radius 1 is 1.14 bits per heavy atom. The van der Waals surface area contributed by atoms with Crippen molar-refractivity contribution >= 4 is 17.6 Å². The summed E-state index contributed by atoms with van der Waals surface area (Å²) in [5.41, 5.74) is 4.15. The monoisotopic (exact) mass is 491 g/mol. The molecule has 0 aliphatic heterocycles. The maximum Gasteiger partial charge on any atom is 0.270 e. The average molecular weight is 492 g/mol. The number of aromatic nitrogens is 4. The predicted molar refractivity (Wildman–Crippen MR) is 135 cm³/mol. The van der Waals surface area contributed by atoms with Crippen molar-refractivity contribution in [2.45, 2.75) is 66.0 Å². The Kier molecular flexibility index (Phi) is 7.67. The highest BCUT2D eigenvalue weighted by Crippen LogP contribution is 2.31. The van der Waals surface area contributed by atoms with E-state index in [0.717, 1.165) is 52.7 Å². The van der Waals surface area contributed by atoms with Gasteiger partial charge in [-0.05, 0) is 63.6 Å². The summed E-state index contributed by atoms with van der Waals surface area (Å²) in [6.45, 7) is 8.57. The molecule has 3 aromatic rings. The SMILES string of the molecule is CCn1nccc1C(=O)N[C@H](C(=O)Nc1ccc(-c2c(C)c[n+](O)cc2C)cn1)C1CCC(C)CC1. The van der Waals surface area contributed by atoms with E-state index >= 15 is 0 Å². The fourth-order valence-corrected chi connectivity index (χ4v) is 5.16. The molecule has 3 aromatic heterocycles. The van der Waals surface area contributed by atoms with Gasteiger partial charge in [-0.1, -0.05) is 19.8 Å². The highest BCUT2D eigenvalue weighted by Gasteiger charge is 2.33. The van der Waals surface area contributed by atoms with Gasteiger partial charge >= 0.3 is 0 Å². The van der Waals surface area contributed by atoms with E-state index in [4.69, 9.17) is 0 Å². The first kappa shape index (κ1) is 25.3. The number of rotatable bonds is 7. The fraction of sp³-hybridized carbons (Fsp3) is 0.444. The molecular weight excluding hydrogens is 456 g/mol. The number of nitrogens with zero attached hydrogens (tertiary/aromatic N) is 4. The summed E-state index contributed by atoms with van der Waals surface area (Å²) in [4.78, 5) is 31.0. The van der Waals surface area contributed by atoms with Crippen LogP contribution in [-0.4, -0.2) is 37.8 Å². The Bertz CT molecular complexity index is 1210. The number of anilines is 1. The first-order valence-electron chi connectivity index (χ1n) is 12.6. The van der Waals surface area contributed by atoms with E-state index in [9.17, 15) is 14.8 Å². The first-order valence-corrected chi connectivity index (χ1v) is 12.6. The minimum atomic E-state index is -0.662. The summed E-state index contributed by atoms with van der Waals surface area (Å²) in [6.07, 6.45) is 10.4. The number of carbonyl (C=O) groups excluding carboxylic acids is 2. The van der Waals surface area contributed by atoms with Gasteiger partial charge in [0.25, 0.3) is 5.91 Å². The Hall–Kier alpha value is -3.75. The first-order chi connectivity index (χ1) is 17.3. The van der Waals surface area contributed by atoms with Crippen molar-refractivity contribution in [3.05, 3.63) is 59.8 Å². The molecule has 0 bridgehead atoms. The van der Waals surface area contributed by atoms with Crippen LogP contribution in [0.2, 0.25) is 0 Å². The number of pyridine rings is 2. The molecule has 36 heavy (non-hydrogen) atoms. The number of carbonyl (C=O) groups is 2. The summed E-state index contributed by atoms with van der Waals surface area (Å²) in [6, 6.07) is 4.67. The van der Waals surface area contributed by atoms with Gasteiger partial charge in [-0.25, -0.2) is 4.98 Å². The molecule has 190 valence electrons. The highest BCUT2D eigenvalue weighted by molar-refractivity contribution is 6.00. The van der Waals surface area contributed by atoms with Gasteiger partial charge in [0.05, 0.1) is 0 Å². The molecule has 0 unspecified atom stereocenters. The van der Waals surface area contributed by atoms with Crippen LogP contribution in [-0.2, 0) is 11.3 Å². The summed E-state index contributed by atoms with van der Waals surface area (Å²) >= 11 is 0. The van der Waals surface area contributed by atoms with Gasteiger partial charge in [0.15, 0.2) is 0 Å². The largest absolute Gasteiger partial charge is 0.339 e. The van der Waals surface area contributed by atoms with E-state index in [1.54, 1.807) is 41.6 Å². The summed E-state index contributed by atoms with van der Waals surface area (Å²) < 4.78 is 2.67. The molecular formula is C27H35N6O3+. The number of hydrogen-bond donors (Lipinski definition) is 3. The lowest BCUT2D eigenvalue weighted by Gasteiger charge is -2.32. The molecule has 9 nitrogen and oxygen atoms in total. The van der Waals surface area contributed by atoms with Crippen LogP contribution >= 0.6 is 0 Å². The van der Waals surface area contributed by atoms with Gasteiger partial charge < -0.3 is 10.6 Å². The molecule has 0 aromatic carbocycles. The van der Waals surface area contributed by atoms with Crippen molar-refractivity contribution in [1.29, 1.82) is 0 Å². The third kappa shape index (κ3) is 5.56. The fourth-order valence-electron chi connectivity index (χ4n) is 5.16. The molecule has 1 aliphatic carbocycles. The Morgan fingerprint density at radius 2 is 1.83 bits per heavy atom. The van der Waals surface area contributed by atoms with Crippen molar-refractivity contribution in [2.75, 3.05) is 5.32 Å². The van der Waals surface area contributed by atoms with E-state index in [-0.39, 0.29) is 17.7 Å². The van der Waals surface area contributed by atoms with Crippen LogP contribution in [0, 0.1) is 25.7 Å². The molecule has 1 atom stereocenters. The molecule has 2 amide bonds. The van der Waals surface area contributed by atoms with Crippen LogP contribution < -0.4 is 15.4 Å².